The Hall–Kier alpha value is -1.69. The molecule has 0 aromatic carbocycles. The van der Waals surface area contributed by atoms with Gasteiger partial charge in [-0.1, -0.05) is 0 Å². The number of carbonyl (C=O) groups excluding carboxylic acids is 1. The fourth-order valence-corrected chi connectivity index (χ4v) is 1.60. The molecule has 1 aliphatic rings. The first kappa shape index (κ1) is 9.85. The maximum Gasteiger partial charge on any atom is 0.259 e. The number of anilines is 1. The van der Waals surface area contributed by atoms with Crippen LogP contribution in [0.5, 0.6) is 0 Å². The summed E-state index contributed by atoms with van der Waals surface area (Å²) in [6.07, 6.45) is 2.87. The summed E-state index contributed by atoms with van der Waals surface area (Å²) in [6.45, 7) is 0.904. The van der Waals surface area contributed by atoms with E-state index in [1.807, 2.05) is 0 Å². The van der Waals surface area contributed by atoms with Crippen molar-refractivity contribution < 1.29 is 9.90 Å². The molecular weight excluding hydrogens is 196 g/mol. The highest BCUT2D eigenvalue weighted by Crippen LogP contribution is 2.15. The zero-order valence-corrected chi connectivity index (χ0v) is 8.13. The number of β-amino-alcohol motifs (C(OH)–C–C–N with tert-alkyl or cyclic N) is 1. The SMILES string of the molecule is Nc1ncncc1C(=O)N1CCC(O)C1. The number of nitrogen functional groups attached to an aromatic ring is 1. The largest absolute Gasteiger partial charge is 0.391 e. The highest BCUT2D eigenvalue weighted by atomic mass is 16.3. The number of hydrogen-bond acceptors (Lipinski definition) is 5. The van der Waals surface area contributed by atoms with Crippen LogP contribution in [0.2, 0.25) is 0 Å². The number of rotatable bonds is 1. The second-order valence-electron chi connectivity index (χ2n) is 3.52. The van der Waals surface area contributed by atoms with Gasteiger partial charge in [0.25, 0.3) is 5.91 Å². The second kappa shape index (κ2) is 3.82. The fourth-order valence-electron chi connectivity index (χ4n) is 1.60. The van der Waals surface area contributed by atoms with Crippen molar-refractivity contribution in [3.63, 3.8) is 0 Å². The molecule has 15 heavy (non-hydrogen) atoms. The van der Waals surface area contributed by atoms with Crippen molar-refractivity contribution in [1.29, 1.82) is 0 Å². The Bertz CT molecular complexity index is 382. The zero-order chi connectivity index (χ0) is 10.8. The van der Waals surface area contributed by atoms with Crippen LogP contribution in [0.3, 0.4) is 0 Å². The Morgan fingerprint density at radius 1 is 1.67 bits per heavy atom. The van der Waals surface area contributed by atoms with Crippen LogP contribution in [-0.2, 0) is 0 Å². The van der Waals surface area contributed by atoms with Gasteiger partial charge in [0.05, 0.1) is 11.7 Å². The van der Waals surface area contributed by atoms with Gasteiger partial charge in [-0.15, -0.1) is 0 Å². The van der Waals surface area contributed by atoms with Gasteiger partial charge < -0.3 is 15.7 Å². The third-order valence-electron chi connectivity index (χ3n) is 2.42. The maximum atomic E-state index is 11.9. The molecule has 1 aromatic heterocycles. The van der Waals surface area contributed by atoms with Gasteiger partial charge in [-0.25, -0.2) is 9.97 Å². The summed E-state index contributed by atoms with van der Waals surface area (Å²) in [4.78, 5) is 20.9. The Morgan fingerprint density at radius 2 is 2.47 bits per heavy atom. The van der Waals surface area contributed by atoms with Gasteiger partial charge in [-0.2, -0.15) is 0 Å². The molecule has 1 aliphatic heterocycles. The summed E-state index contributed by atoms with van der Waals surface area (Å²) in [7, 11) is 0. The number of likely N-dealkylation sites (tertiary alicyclic amines) is 1. The molecular formula is C9H12N4O2. The van der Waals surface area contributed by atoms with E-state index >= 15 is 0 Å². The van der Waals surface area contributed by atoms with Crippen LogP contribution in [0.25, 0.3) is 0 Å². The standard InChI is InChI=1S/C9H12N4O2/c10-8-7(3-11-5-12-8)9(15)13-2-1-6(14)4-13/h3,5-6,14H,1-2,4H2,(H2,10,11,12). The van der Waals surface area contributed by atoms with E-state index in [-0.39, 0.29) is 11.7 Å². The van der Waals surface area contributed by atoms with Crippen LogP contribution >= 0.6 is 0 Å². The molecule has 1 amide bonds. The van der Waals surface area contributed by atoms with E-state index in [4.69, 9.17) is 5.73 Å². The maximum absolute atomic E-state index is 11.9. The van der Waals surface area contributed by atoms with Crippen LogP contribution in [-0.4, -0.2) is 45.1 Å². The first-order chi connectivity index (χ1) is 7.18. The molecule has 0 spiro atoms. The van der Waals surface area contributed by atoms with Crippen molar-refractivity contribution in [2.24, 2.45) is 0 Å². The number of nitrogens with two attached hydrogens (primary N) is 1. The normalized spacial score (nSPS) is 20.6. The smallest absolute Gasteiger partial charge is 0.259 e. The molecule has 1 unspecified atom stereocenters. The molecule has 6 heteroatoms. The lowest BCUT2D eigenvalue weighted by Gasteiger charge is -2.15. The van der Waals surface area contributed by atoms with Crippen LogP contribution < -0.4 is 5.73 Å². The number of aliphatic hydroxyl groups is 1. The zero-order valence-electron chi connectivity index (χ0n) is 8.13. The van der Waals surface area contributed by atoms with E-state index in [0.717, 1.165) is 0 Å². The summed E-state index contributed by atoms with van der Waals surface area (Å²) in [5.41, 5.74) is 5.86. The van der Waals surface area contributed by atoms with Crippen molar-refractivity contribution in [3.8, 4) is 0 Å². The molecule has 1 saturated heterocycles. The van der Waals surface area contributed by atoms with E-state index in [9.17, 15) is 9.90 Å². The predicted octanol–water partition coefficient (Wildman–Crippen LogP) is -0.734. The number of hydrogen-bond donors (Lipinski definition) is 2. The molecule has 2 heterocycles. The number of amides is 1. The molecule has 1 atom stereocenters. The first-order valence-corrected chi connectivity index (χ1v) is 4.71. The lowest BCUT2D eigenvalue weighted by Crippen LogP contribution is -2.30. The number of aliphatic hydroxyl groups excluding tert-OH is 1. The van der Waals surface area contributed by atoms with Gasteiger partial charge in [-0.05, 0) is 6.42 Å². The van der Waals surface area contributed by atoms with Crippen LogP contribution in [0, 0.1) is 0 Å². The van der Waals surface area contributed by atoms with Crippen molar-refractivity contribution >= 4 is 11.7 Å². The second-order valence-corrected chi connectivity index (χ2v) is 3.52. The predicted molar refractivity (Wildman–Crippen MR) is 53.0 cm³/mol. The fraction of sp³-hybridized carbons (Fsp3) is 0.444. The van der Waals surface area contributed by atoms with Crippen molar-refractivity contribution in [2.75, 3.05) is 18.8 Å². The van der Waals surface area contributed by atoms with Crippen molar-refractivity contribution in [1.82, 2.24) is 14.9 Å². The van der Waals surface area contributed by atoms with Gasteiger partial charge in [0.2, 0.25) is 0 Å². The highest BCUT2D eigenvalue weighted by molar-refractivity contribution is 5.98. The molecule has 0 radical (unpaired) electrons. The van der Waals surface area contributed by atoms with Gasteiger partial charge >= 0.3 is 0 Å². The number of aromatic nitrogens is 2. The van der Waals surface area contributed by atoms with E-state index in [2.05, 4.69) is 9.97 Å². The average molecular weight is 208 g/mol. The Morgan fingerprint density at radius 3 is 3.07 bits per heavy atom. The Kier molecular flexibility index (Phi) is 2.51. The molecule has 1 aromatic rings. The summed E-state index contributed by atoms with van der Waals surface area (Å²) in [5, 5.41) is 9.31. The van der Waals surface area contributed by atoms with Gasteiger partial charge in [-0.3, -0.25) is 4.79 Å². The Labute approximate surface area is 86.7 Å². The van der Waals surface area contributed by atoms with Crippen molar-refractivity contribution in [3.05, 3.63) is 18.1 Å². The van der Waals surface area contributed by atoms with Crippen LogP contribution in [0.4, 0.5) is 5.82 Å². The molecule has 2 rings (SSSR count). The highest BCUT2D eigenvalue weighted by Gasteiger charge is 2.26. The minimum atomic E-state index is -0.431. The molecule has 0 saturated carbocycles. The minimum absolute atomic E-state index is 0.177. The van der Waals surface area contributed by atoms with Gasteiger partial charge in [0, 0.05) is 19.3 Å². The minimum Gasteiger partial charge on any atom is -0.391 e. The van der Waals surface area contributed by atoms with E-state index in [1.165, 1.54) is 12.5 Å². The first-order valence-electron chi connectivity index (χ1n) is 4.71. The number of nitrogens with zero attached hydrogens (tertiary/aromatic N) is 3. The third-order valence-corrected chi connectivity index (χ3v) is 2.42. The van der Waals surface area contributed by atoms with E-state index in [0.29, 0.717) is 25.1 Å². The molecule has 0 bridgehead atoms. The third kappa shape index (κ3) is 1.89. The summed E-state index contributed by atoms with van der Waals surface area (Å²) >= 11 is 0. The summed E-state index contributed by atoms with van der Waals surface area (Å²) in [5.74, 6) is -0.0407. The van der Waals surface area contributed by atoms with Gasteiger partial charge in [0.15, 0.2) is 0 Å². The van der Waals surface area contributed by atoms with Gasteiger partial charge in [0.1, 0.15) is 12.1 Å². The van der Waals surface area contributed by atoms with Crippen LogP contribution in [0.1, 0.15) is 16.8 Å². The summed E-state index contributed by atoms with van der Waals surface area (Å²) in [6, 6.07) is 0. The monoisotopic (exact) mass is 208 g/mol. The molecule has 0 aliphatic carbocycles. The quantitative estimate of drug-likeness (QED) is 0.634. The molecule has 1 fully saturated rings. The molecule has 6 nitrogen and oxygen atoms in total. The lowest BCUT2D eigenvalue weighted by atomic mass is 10.3. The number of carbonyl (C=O) groups is 1. The van der Waals surface area contributed by atoms with Crippen LogP contribution in [0.15, 0.2) is 12.5 Å². The lowest BCUT2D eigenvalue weighted by molar-refractivity contribution is 0.0765. The van der Waals surface area contributed by atoms with Crippen molar-refractivity contribution in [2.45, 2.75) is 12.5 Å². The average Bonchev–Trinajstić information content (AvgIpc) is 2.65. The summed E-state index contributed by atoms with van der Waals surface area (Å²) < 4.78 is 0. The van der Waals surface area contributed by atoms with E-state index < -0.39 is 6.10 Å². The Balaban J connectivity index is 2.18. The molecule has 80 valence electrons. The van der Waals surface area contributed by atoms with E-state index in [1.54, 1.807) is 4.90 Å². The molecule has 3 N–H and O–H groups in total. The topological polar surface area (TPSA) is 92.3 Å².